The van der Waals surface area contributed by atoms with E-state index < -0.39 is 6.04 Å². The van der Waals surface area contributed by atoms with E-state index in [-0.39, 0.29) is 0 Å². The van der Waals surface area contributed by atoms with Crippen LogP contribution in [-0.4, -0.2) is 7.11 Å². The number of hydrogen-bond donors (Lipinski definition) is 1. The molecule has 0 fully saturated rings. The number of halogens is 1. The molecule has 13 heavy (non-hydrogen) atoms. The molecule has 0 saturated carbocycles. The van der Waals surface area contributed by atoms with E-state index in [1.54, 1.807) is 18.2 Å². The second-order valence-electron chi connectivity index (χ2n) is 2.47. The van der Waals surface area contributed by atoms with E-state index in [0.717, 1.165) is 0 Å². The summed E-state index contributed by atoms with van der Waals surface area (Å²) in [5.41, 5.74) is 6.15. The molecule has 1 aromatic rings. The third-order valence-corrected chi connectivity index (χ3v) is 1.97. The van der Waals surface area contributed by atoms with Crippen molar-refractivity contribution < 1.29 is 4.74 Å². The Balaban J connectivity index is 3.21. The van der Waals surface area contributed by atoms with Gasteiger partial charge in [-0.25, -0.2) is 0 Å². The Morgan fingerprint density at radius 1 is 1.62 bits per heavy atom. The normalized spacial score (nSPS) is 11.8. The van der Waals surface area contributed by atoms with Gasteiger partial charge in [0.1, 0.15) is 11.8 Å². The van der Waals surface area contributed by atoms with Gasteiger partial charge in [0.2, 0.25) is 0 Å². The molecule has 0 aliphatic rings. The maximum Gasteiger partial charge on any atom is 0.143 e. The molecule has 0 aromatic heterocycles. The highest BCUT2D eigenvalue weighted by molar-refractivity contribution is 6.32. The van der Waals surface area contributed by atoms with Crippen molar-refractivity contribution in [2.45, 2.75) is 6.04 Å². The topological polar surface area (TPSA) is 59.0 Å². The summed E-state index contributed by atoms with van der Waals surface area (Å²) < 4.78 is 5.04. The molecule has 1 unspecified atom stereocenters. The van der Waals surface area contributed by atoms with Gasteiger partial charge in [0.05, 0.1) is 18.2 Å². The van der Waals surface area contributed by atoms with Crippen molar-refractivity contribution in [3.8, 4) is 11.8 Å². The first-order valence-electron chi connectivity index (χ1n) is 3.68. The number of ether oxygens (including phenoxy) is 1. The Morgan fingerprint density at radius 2 is 2.31 bits per heavy atom. The summed E-state index contributed by atoms with van der Waals surface area (Å²) in [6.45, 7) is 0. The van der Waals surface area contributed by atoms with Crippen LogP contribution in [0, 0.1) is 11.3 Å². The van der Waals surface area contributed by atoms with Crippen molar-refractivity contribution in [3.63, 3.8) is 0 Å². The average molecular weight is 197 g/mol. The highest BCUT2D eigenvalue weighted by atomic mass is 35.5. The van der Waals surface area contributed by atoms with E-state index in [4.69, 9.17) is 27.3 Å². The van der Waals surface area contributed by atoms with Gasteiger partial charge in [-0.2, -0.15) is 5.26 Å². The molecular formula is C9H9ClN2O. The molecule has 0 heterocycles. The van der Waals surface area contributed by atoms with Crippen molar-refractivity contribution in [1.82, 2.24) is 0 Å². The molecule has 0 aliphatic carbocycles. The van der Waals surface area contributed by atoms with Gasteiger partial charge in [0.15, 0.2) is 0 Å². The van der Waals surface area contributed by atoms with Crippen LogP contribution in [0.15, 0.2) is 18.2 Å². The van der Waals surface area contributed by atoms with E-state index >= 15 is 0 Å². The van der Waals surface area contributed by atoms with E-state index in [1.807, 2.05) is 6.07 Å². The molecule has 0 saturated heterocycles. The smallest absolute Gasteiger partial charge is 0.143 e. The SMILES string of the molecule is COc1c(Cl)cccc1C(N)C#N. The molecule has 1 atom stereocenters. The molecule has 68 valence electrons. The Hall–Kier alpha value is -1.24. The lowest BCUT2D eigenvalue weighted by molar-refractivity contribution is 0.408. The number of hydrogen-bond acceptors (Lipinski definition) is 3. The number of nitrogens with two attached hydrogens (primary N) is 1. The lowest BCUT2D eigenvalue weighted by Gasteiger charge is -2.10. The minimum Gasteiger partial charge on any atom is -0.495 e. The summed E-state index contributed by atoms with van der Waals surface area (Å²) in [5.74, 6) is 0.471. The maximum absolute atomic E-state index is 8.63. The van der Waals surface area contributed by atoms with Gasteiger partial charge >= 0.3 is 0 Å². The molecule has 2 N–H and O–H groups in total. The van der Waals surface area contributed by atoms with Crippen molar-refractivity contribution in [3.05, 3.63) is 28.8 Å². The van der Waals surface area contributed by atoms with Crippen LogP contribution in [0.5, 0.6) is 5.75 Å². The van der Waals surface area contributed by atoms with Crippen LogP contribution in [0.2, 0.25) is 5.02 Å². The van der Waals surface area contributed by atoms with E-state index in [0.29, 0.717) is 16.3 Å². The van der Waals surface area contributed by atoms with E-state index in [9.17, 15) is 0 Å². The molecule has 0 bridgehead atoms. The largest absolute Gasteiger partial charge is 0.495 e. The second-order valence-corrected chi connectivity index (χ2v) is 2.88. The fraction of sp³-hybridized carbons (Fsp3) is 0.222. The highest BCUT2D eigenvalue weighted by Crippen LogP contribution is 2.31. The summed E-state index contributed by atoms with van der Waals surface area (Å²) in [6.07, 6.45) is 0. The summed E-state index contributed by atoms with van der Waals surface area (Å²) in [6, 6.07) is 6.36. The Bertz CT molecular complexity index is 346. The lowest BCUT2D eigenvalue weighted by atomic mass is 10.1. The van der Waals surface area contributed by atoms with Crippen LogP contribution in [0.1, 0.15) is 11.6 Å². The van der Waals surface area contributed by atoms with Gasteiger partial charge in [-0.15, -0.1) is 0 Å². The van der Waals surface area contributed by atoms with Gasteiger partial charge in [0, 0.05) is 5.56 Å². The van der Waals surface area contributed by atoms with Crippen LogP contribution in [0.4, 0.5) is 0 Å². The molecule has 1 rings (SSSR count). The number of nitriles is 1. The zero-order chi connectivity index (χ0) is 9.84. The molecule has 3 nitrogen and oxygen atoms in total. The predicted molar refractivity (Wildman–Crippen MR) is 50.5 cm³/mol. The Morgan fingerprint density at radius 3 is 2.85 bits per heavy atom. The first kappa shape index (κ1) is 9.85. The third kappa shape index (κ3) is 1.92. The highest BCUT2D eigenvalue weighted by Gasteiger charge is 2.12. The molecule has 0 amide bonds. The zero-order valence-corrected chi connectivity index (χ0v) is 7.88. The van der Waals surface area contributed by atoms with Crippen LogP contribution >= 0.6 is 11.6 Å². The fourth-order valence-corrected chi connectivity index (χ4v) is 1.31. The average Bonchev–Trinajstić information content (AvgIpc) is 2.16. The summed E-state index contributed by atoms with van der Waals surface area (Å²) in [5, 5.41) is 9.09. The third-order valence-electron chi connectivity index (χ3n) is 1.68. The molecule has 4 heteroatoms. The van der Waals surface area contributed by atoms with Gasteiger partial charge in [-0.05, 0) is 6.07 Å². The van der Waals surface area contributed by atoms with Crippen molar-refractivity contribution in [2.75, 3.05) is 7.11 Å². The molecule has 0 aliphatic heterocycles. The molecule has 1 aromatic carbocycles. The standard InChI is InChI=1S/C9H9ClN2O/c1-13-9-6(8(12)5-11)3-2-4-7(9)10/h2-4,8H,12H2,1H3. The second kappa shape index (κ2) is 4.13. The van der Waals surface area contributed by atoms with Gasteiger partial charge in [0.25, 0.3) is 0 Å². The number of benzene rings is 1. The monoisotopic (exact) mass is 196 g/mol. The minimum atomic E-state index is -0.700. The van der Waals surface area contributed by atoms with Crippen molar-refractivity contribution in [2.24, 2.45) is 5.73 Å². The Labute approximate surface area is 81.7 Å². The number of methoxy groups -OCH3 is 1. The van der Waals surface area contributed by atoms with Crippen molar-refractivity contribution >= 4 is 11.6 Å². The first-order chi connectivity index (χ1) is 6.20. The lowest BCUT2D eigenvalue weighted by Crippen LogP contribution is -2.08. The van der Waals surface area contributed by atoms with Gasteiger partial charge in [-0.1, -0.05) is 23.7 Å². The summed E-state index contributed by atoms with van der Waals surface area (Å²) >= 11 is 5.84. The Kier molecular flexibility index (Phi) is 3.13. The number of rotatable bonds is 2. The van der Waals surface area contributed by atoms with Crippen LogP contribution < -0.4 is 10.5 Å². The van der Waals surface area contributed by atoms with Crippen LogP contribution in [-0.2, 0) is 0 Å². The minimum absolute atomic E-state index is 0.464. The first-order valence-corrected chi connectivity index (χ1v) is 4.06. The molecule has 0 spiro atoms. The van der Waals surface area contributed by atoms with Gasteiger partial charge in [-0.3, -0.25) is 0 Å². The summed E-state index contributed by atoms with van der Waals surface area (Å²) in [7, 11) is 1.49. The van der Waals surface area contributed by atoms with E-state index in [1.165, 1.54) is 7.11 Å². The van der Waals surface area contributed by atoms with Crippen molar-refractivity contribution in [1.29, 1.82) is 5.26 Å². The van der Waals surface area contributed by atoms with Gasteiger partial charge < -0.3 is 10.5 Å². The molecular weight excluding hydrogens is 188 g/mol. The molecule has 0 radical (unpaired) electrons. The maximum atomic E-state index is 8.63. The number of para-hydroxylation sites is 1. The number of nitrogens with zero attached hydrogens (tertiary/aromatic N) is 1. The van der Waals surface area contributed by atoms with E-state index in [2.05, 4.69) is 0 Å². The quantitative estimate of drug-likeness (QED) is 0.786. The van der Waals surface area contributed by atoms with Crippen LogP contribution in [0.3, 0.4) is 0 Å². The predicted octanol–water partition coefficient (Wildman–Crippen LogP) is 1.87. The zero-order valence-electron chi connectivity index (χ0n) is 7.12. The fourth-order valence-electron chi connectivity index (χ4n) is 1.06. The van der Waals surface area contributed by atoms with Crippen LogP contribution in [0.25, 0.3) is 0 Å². The summed E-state index contributed by atoms with van der Waals surface area (Å²) in [4.78, 5) is 0.